The molecule has 0 aliphatic carbocycles. The van der Waals surface area contributed by atoms with E-state index in [1.165, 1.54) is 4.88 Å². The molecule has 2 aromatic carbocycles. The summed E-state index contributed by atoms with van der Waals surface area (Å²) in [5, 5.41) is 9.80. The van der Waals surface area contributed by atoms with Crippen LogP contribution in [0.25, 0.3) is 5.69 Å². The normalized spacial score (nSPS) is 11.0. The molecule has 1 N–H and O–H groups in total. The Kier molecular flexibility index (Phi) is 7.22. The van der Waals surface area contributed by atoms with Gasteiger partial charge in [-0.3, -0.25) is 9.69 Å². The molecule has 0 atom stereocenters. The van der Waals surface area contributed by atoms with Crippen LogP contribution in [0.4, 0.5) is 5.69 Å². The number of anilines is 1. The Bertz CT molecular complexity index is 1200. The zero-order valence-corrected chi connectivity index (χ0v) is 19.9. The molecule has 170 valence electrons. The number of carbonyl (C=O) groups is 1. The van der Waals surface area contributed by atoms with Gasteiger partial charge < -0.3 is 10.1 Å². The van der Waals surface area contributed by atoms with Crippen molar-refractivity contribution in [3.05, 3.63) is 93.9 Å². The molecule has 0 aliphatic heterocycles. The van der Waals surface area contributed by atoms with Crippen LogP contribution in [0.1, 0.15) is 21.8 Å². The molecular formula is C26H28N4O2S. The van der Waals surface area contributed by atoms with Gasteiger partial charge in [0.2, 0.25) is 5.91 Å². The van der Waals surface area contributed by atoms with Gasteiger partial charge in [0.05, 0.1) is 36.4 Å². The highest BCUT2D eigenvalue weighted by Crippen LogP contribution is 2.24. The fourth-order valence-electron chi connectivity index (χ4n) is 3.89. The molecule has 6 nitrogen and oxygen atoms in total. The van der Waals surface area contributed by atoms with Crippen molar-refractivity contribution in [2.24, 2.45) is 0 Å². The second-order valence-corrected chi connectivity index (χ2v) is 8.91. The summed E-state index contributed by atoms with van der Waals surface area (Å²) in [6, 6.07) is 22.0. The fraction of sp³-hybridized carbons (Fsp3) is 0.231. The molecule has 0 spiro atoms. The van der Waals surface area contributed by atoms with Crippen molar-refractivity contribution in [3.8, 4) is 11.4 Å². The molecule has 33 heavy (non-hydrogen) atoms. The lowest BCUT2D eigenvalue weighted by atomic mass is 10.2. The van der Waals surface area contributed by atoms with Gasteiger partial charge in [-0.05, 0) is 43.5 Å². The van der Waals surface area contributed by atoms with E-state index in [1.807, 2.05) is 79.2 Å². The Balaban J connectivity index is 1.52. The average Bonchev–Trinajstić information content (AvgIpc) is 3.43. The minimum Gasteiger partial charge on any atom is -0.496 e. The zero-order valence-electron chi connectivity index (χ0n) is 19.1. The third kappa shape index (κ3) is 5.50. The molecule has 0 fully saturated rings. The molecule has 4 rings (SSSR count). The Hall–Kier alpha value is -3.42. The summed E-state index contributed by atoms with van der Waals surface area (Å²) in [5.41, 5.74) is 4.47. The highest BCUT2D eigenvalue weighted by Gasteiger charge is 2.19. The van der Waals surface area contributed by atoms with Crippen LogP contribution in [0.2, 0.25) is 0 Å². The number of nitrogens with one attached hydrogen (secondary N) is 1. The number of ether oxygens (including phenoxy) is 1. The van der Waals surface area contributed by atoms with Gasteiger partial charge >= 0.3 is 0 Å². The molecule has 1 amide bonds. The Labute approximate surface area is 198 Å². The van der Waals surface area contributed by atoms with E-state index >= 15 is 0 Å². The minimum atomic E-state index is -0.0692. The summed E-state index contributed by atoms with van der Waals surface area (Å²) in [5.74, 6) is 0.755. The molecule has 0 unspecified atom stereocenters. The number of aromatic nitrogens is 2. The SMILES string of the molecule is COc1ccccc1CN(CC(=O)Nc1c(C)nn(-c2ccccc2)c1C)Cc1cccs1. The second kappa shape index (κ2) is 10.5. The maximum absolute atomic E-state index is 13.1. The summed E-state index contributed by atoms with van der Waals surface area (Å²) in [4.78, 5) is 16.5. The van der Waals surface area contributed by atoms with Crippen molar-refractivity contribution in [2.75, 3.05) is 19.0 Å². The summed E-state index contributed by atoms with van der Waals surface area (Å²) in [6.07, 6.45) is 0. The average molecular weight is 461 g/mol. The highest BCUT2D eigenvalue weighted by atomic mass is 32.1. The van der Waals surface area contributed by atoms with E-state index in [0.717, 1.165) is 34.1 Å². The molecule has 2 aromatic heterocycles. The van der Waals surface area contributed by atoms with Crippen molar-refractivity contribution in [1.82, 2.24) is 14.7 Å². The van der Waals surface area contributed by atoms with Crippen molar-refractivity contribution in [2.45, 2.75) is 26.9 Å². The first-order chi connectivity index (χ1) is 16.0. The van der Waals surface area contributed by atoms with Gasteiger partial charge in [0.25, 0.3) is 0 Å². The van der Waals surface area contributed by atoms with Crippen LogP contribution < -0.4 is 10.1 Å². The van der Waals surface area contributed by atoms with Gasteiger partial charge in [-0.25, -0.2) is 4.68 Å². The number of rotatable bonds is 9. The lowest BCUT2D eigenvalue weighted by Crippen LogP contribution is -2.32. The van der Waals surface area contributed by atoms with E-state index in [2.05, 4.69) is 26.8 Å². The number of carbonyl (C=O) groups excluding carboxylic acids is 1. The minimum absolute atomic E-state index is 0.0692. The van der Waals surface area contributed by atoms with Gasteiger partial charge in [-0.15, -0.1) is 11.3 Å². The number of hydrogen-bond acceptors (Lipinski definition) is 5. The third-order valence-electron chi connectivity index (χ3n) is 5.47. The monoisotopic (exact) mass is 460 g/mol. The second-order valence-electron chi connectivity index (χ2n) is 7.88. The van der Waals surface area contributed by atoms with Crippen LogP contribution in [0.5, 0.6) is 5.75 Å². The number of aryl methyl sites for hydroxylation is 1. The quantitative estimate of drug-likeness (QED) is 0.373. The standard InChI is InChI=1S/C26H28N4O2S/c1-19-26(20(2)30(28-19)22-11-5-4-6-12-22)27-25(31)18-29(17-23-13-9-15-33-23)16-21-10-7-8-14-24(21)32-3/h4-15H,16-18H2,1-3H3,(H,27,31). The molecule has 0 saturated heterocycles. The highest BCUT2D eigenvalue weighted by molar-refractivity contribution is 7.09. The Morgan fingerprint density at radius 3 is 2.52 bits per heavy atom. The maximum Gasteiger partial charge on any atom is 0.238 e. The van der Waals surface area contributed by atoms with Crippen LogP contribution in [0.3, 0.4) is 0 Å². The lowest BCUT2D eigenvalue weighted by molar-refractivity contribution is -0.117. The smallest absolute Gasteiger partial charge is 0.238 e. The first kappa shape index (κ1) is 22.8. The van der Waals surface area contributed by atoms with E-state index in [1.54, 1.807) is 18.4 Å². The van der Waals surface area contributed by atoms with Crippen LogP contribution in [-0.2, 0) is 17.9 Å². The number of methoxy groups -OCH3 is 1. The third-order valence-corrected chi connectivity index (χ3v) is 6.33. The number of amides is 1. The van der Waals surface area contributed by atoms with Gasteiger partial charge in [-0.2, -0.15) is 5.10 Å². The van der Waals surface area contributed by atoms with Crippen molar-refractivity contribution < 1.29 is 9.53 Å². The molecule has 0 radical (unpaired) electrons. The van der Waals surface area contributed by atoms with Crippen LogP contribution >= 0.6 is 11.3 Å². The topological polar surface area (TPSA) is 59.4 Å². The summed E-state index contributed by atoms with van der Waals surface area (Å²) in [6.45, 7) is 5.44. The molecule has 2 heterocycles. The van der Waals surface area contributed by atoms with Gasteiger partial charge in [0, 0.05) is 23.5 Å². The predicted octanol–water partition coefficient (Wildman–Crippen LogP) is 5.20. The molecule has 0 bridgehead atoms. The number of hydrogen-bond donors (Lipinski definition) is 1. The van der Waals surface area contributed by atoms with E-state index < -0.39 is 0 Å². The van der Waals surface area contributed by atoms with Gasteiger partial charge in [-0.1, -0.05) is 42.5 Å². The number of para-hydroxylation sites is 2. The van der Waals surface area contributed by atoms with Crippen molar-refractivity contribution in [1.29, 1.82) is 0 Å². The van der Waals surface area contributed by atoms with Crippen molar-refractivity contribution >= 4 is 22.9 Å². The first-order valence-corrected chi connectivity index (χ1v) is 11.7. The van der Waals surface area contributed by atoms with E-state index in [-0.39, 0.29) is 12.5 Å². The van der Waals surface area contributed by atoms with Gasteiger partial charge in [0.1, 0.15) is 5.75 Å². The first-order valence-electron chi connectivity index (χ1n) is 10.8. The molecule has 0 aliphatic rings. The van der Waals surface area contributed by atoms with Crippen LogP contribution in [0.15, 0.2) is 72.1 Å². The summed E-state index contributed by atoms with van der Waals surface area (Å²) < 4.78 is 7.39. The maximum atomic E-state index is 13.1. The van der Waals surface area contributed by atoms with Gasteiger partial charge in [0.15, 0.2) is 0 Å². The Morgan fingerprint density at radius 2 is 1.79 bits per heavy atom. The number of thiophene rings is 1. The molecule has 7 heteroatoms. The Morgan fingerprint density at radius 1 is 1.03 bits per heavy atom. The lowest BCUT2D eigenvalue weighted by Gasteiger charge is -2.22. The van der Waals surface area contributed by atoms with Crippen molar-refractivity contribution in [3.63, 3.8) is 0 Å². The van der Waals surface area contributed by atoms with E-state index in [9.17, 15) is 4.79 Å². The number of nitrogens with zero attached hydrogens (tertiary/aromatic N) is 3. The van der Waals surface area contributed by atoms with Crippen LogP contribution in [0, 0.1) is 13.8 Å². The molecule has 4 aromatic rings. The number of benzene rings is 2. The zero-order chi connectivity index (χ0) is 23.2. The molecule has 0 saturated carbocycles. The van der Waals surface area contributed by atoms with E-state index in [4.69, 9.17) is 4.74 Å². The summed E-state index contributed by atoms with van der Waals surface area (Å²) >= 11 is 1.69. The molecular weight excluding hydrogens is 432 g/mol. The predicted molar refractivity (Wildman–Crippen MR) is 133 cm³/mol. The summed E-state index contributed by atoms with van der Waals surface area (Å²) in [7, 11) is 1.67. The largest absolute Gasteiger partial charge is 0.496 e. The fourth-order valence-corrected chi connectivity index (χ4v) is 4.64. The van der Waals surface area contributed by atoms with E-state index in [0.29, 0.717) is 13.1 Å². The van der Waals surface area contributed by atoms with Crippen LogP contribution in [-0.4, -0.2) is 34.2 Å².